The number of fused-ring (bicyclic) bond motifs is 1. The highest BCUT2D eigenvalue weighted by Crippen LogP contribution is 2.29. The van der Waals surface area contributed by atoms with Crippen LogP contribution in [-0.4, -0.2) is 37.5 Å². The van der Waals surface area contributed by atoms with E-state index in [1.165, 1.54) is 5.56 Å². The molecule has 4 aromatic rings. The van der Waals surface area contributed by atoms with Gasteiger partial charge in [0.1, 0.15) is 17.2 Å². The van der Waals surface area contributed by atoms with Gasteiger partial charge in [-0.3, -0.25) is 4.98 Å². The van der Waals surface area contributed by atoms with Crippen molar-refractivity contribution in [3.8, 4) is 23.0 Å². The Balaban J connectivity index is 0.00000289. The Morgan fingerprint density at radius 2 is 1.97 bits per heavy atom. The number of imidazole rings is 1. The molecule has 0 saturated heterocycles. The first-order valence-corrected chi connectivity index (χ1v) is 11.1. The van der Waals surface area contributed by atoms with E-state index in [1.54, 1.807) is 24.5 Å². The average molecular weight is 472 g/mol. The lowest BCUT2D eigenvalue weighted by Gasteiger charge is -2.29. The lowest BCUT2D eigenvalue weighted by atomic mass is 10.00. The van der Waals surface area contributed by atoms with Crippen molar-refractivity contribution in [2.75, 3.05) is 11.9 Å². The van der Waals surface area contributed by atoms with Gasteiger partial charge >= 0.3 is 6.03 Å². The predicted molar refractivity (Wildman–Crippen MR) is 135 cm³/mol. The third kappa shape index (κ3) is 5.50. The Hall–Kier alpha value is -4.17. The number of ether oxygens (including phenoxy) is 1. The normalized spacial score (nSPS) is 12.5. The fourth-order valence-corrected chi connectivity index (χ4v) is 4.01. The molecule has 5 rings (SSSR count). The molecule has 0 aliphatic carbocycles. The Morgan fingerprint density at radius 1 is 1.11 bits per heavy atom. The van der Waals surface area contributed by atoms with Gasteiger partial charge in [0.25, 0.3) is 0 Å². The standard InChI is InChI=1S/C26H25N5O3.CH4/c1-17-3-2-4-20(11-17)30-26(33)31-10-8-18-5-6-22(12-19(18)15-31)34-23-7-9-27-24(13-23)25-28-14-21(16-32)29-25;/h2-7,9,11-14,32H,8,10,15-16H2,1H3,(H,28,29)(H,30,33);1H4. The van der Waals surface area contributed by atoms with Crippen molar-refractivity contribution in [3.63, 3.8) is 0 Å². The zero-order chi connectivity index (χ0) is 23.5. The summed E-state index contributed by atoms with van der Waals surface area (Å²) in [5.74, 6) is 1.87. The quantitative estimate of drug-likeness (QED) is 0.367. The van der Waals surface area contributed by atoms with E-state index in [1.807, 2.05) is 48.2 Å². The molecule has 0 spiro atoms. The first-order valence-electron chi connectivity index (χ1n) is 11.1. The highest BCUT2D eigenvalue weighted by atomic mass is 16.5. The number of pyridine rings is 1. The van der Waals surface area contributed by atoms with E-state index >= 15 is 0 Å². The van der Waals surface area contributed by atoms with Gasteiger partial charge in [0.2, 0.25) is 0 Å². The molecule has 2 aromatic heterocycles. The van der Waals surface area contributed by atoms with E-state index in [2.05, 4.69) is 26.3 Å². The minimum absolute atomic E-state index is 0. The number of aromatic amines is 1. The van der Waals surface area contributed by atoms with Crippen LogP contribution in [0.25, 0.3) is 11.5 Å². The summed E-state index contributed by atoms with van der Waals surface area (Å²) in [6, 6.07) is 17.2. The number of hydrogen-bond donors (Lipinski definition) is 3. The number of aliphatic hydroxyl groups is 1. The molecular formula is C27H29N5O3. The second-order valence-corrected chi connectivity index (χ2v) is 8.30. The summed E-state index contributed by atoms with van der Waals surface area (Å²) in [6.45, 7) is 3.07. The Bertz CT molecular complexity index is 1330. The third-order valence-corrected chi connectivity index (χ3v) is 5.76. The van der Waals surface area contributed by atoms with Gasteiger partial charge in [0.05, 0.1) is 18.5 Å². The molecule has 1 aliphatic rings. The lowest BCUT2D eigenvalue weighted by Crippen LogP contribution is -2.38. The number of aliphatic hydroxyl groups excluding tert-OH is 1. The number of aryl methyl sites for hydroxylation is 1. The van der Waals surface area contributed by atoms with Crippen molar-refractivity contribution in [1.82, 2.24) is 19.9 Å². The van der Waals surface area contributed by atoms with Crippen LogP contribution in [0.1, 0.15) is 29.8 Å². The summed E-state index contributed by atoms with van der Waals surface area (Å²) < 4.78 is 6.09. The van der Waals surface area contributed by atoms with Crippen LogP contribution in [0.15, 0.2) is 67.0 Å². The van der Waals surface area contributed by atoms with Gasteiger partial charge in [-0.25, -0.2) is 9.78 Å². The predicted octanol–water partition coefficient (Wildman–Crippen LogP) is 5.29. The molecule has 2 aromatic carbocycles. The van der Waals surface area contributed by atoms with E-state index < -0.39 is 0 Å². The zero-order valence-corrected chi connectivity index (χ0v) is 18.8. The van der Waals surface area contributed by atoms with Gasteiger partial charge in [-0.1, -0.05) is 25.6 Å². The summed E-state index contributed by atoms with van der Waals surface area (Å²) in [4.78, 5) is 26.2. The second-order valence-electron chi connectivity index (χ2n) is 8.30. The largest absolute Gasteiger partial charge is 0.457 e. The second kappa shape index (κ2) is 10.4. The number of urea groups is 1. The van der Waals surface area contributed by atoms with Crippen LogP contribution in [0.5, 0.6) is 11.5 Å². The zero-order valence-electron chi connectivity index (χ0n) is 18.8. The first-order chi connectivity index (χ1) is 16.6. The molecule has 0 unspecified atom stereocenters. The maximum absolute atomic E-state index is 12.8. The van der Waals surface area contributed by atoms with E-state index in [9.17, 15) is 9.90 Å². The fourth-order valence-electron chi connectivity index (χ4n) is 4.01. The highest BCUT2D eigenvalue weighted by molar-refractivity contribution is 5.89. The van der Waals surface area contributed by atoms with Crippen molar-refractivity contribution >= 4 is 11.7 Å². The Labute approximate surface area is 204 Å². The summed E-state index contributed by atoms with van der Waals surface area (Å²) in [5, 5.41) is 12.2. The molecular weight excluding hydrogens is 442 g/mol. The number of benzene rings is 2. The van der Waals surface area contributed by atoms with Gasteiger partial charge < -0.3 is 25.0 Å². The number of nitrogens with one attached hydrogen (secondary N) is 2. The van der Waals surface area contributed by atoms with Crippen LogP contribution in [0.2, 0.25) is 0 Å². The number of nitrogens with zero attached hydrogens (tertiary/aromatic N) is 3. The van der Waals surface area contributed by atoms with Gasteiger partial charge in [-0.05, 0) is 60.4 Å². The molecule has 0 radical (unpaired) electrons. The molecule has 180 valence electrons. The monoisotopic (exact) mass is 471 g/mol. The van der Waals surface area contributed by atoms with Crippen LogP contribution in [-0.2, 0) is 19.6 Å². The molecule has 0 bridgehead atoms. The third-order valence-electron chi connectivity index (χ3n) is 5.76. The number of rotatable bonds is 5. The number of hydrogen-bond acceptors (Lipinski definition) is 5. The summed E-state index contributed by atoms with van der Waals surface area (Å²) >= 11 is 0. The van der Waals surface area contributed by atoms with Crippen molar-refractivity contribution in [2.24, 2.45) is 0 Å². The molecule has 8 heteroatoms. The molecule has 2 amide bonds. The first kappa shape index (κ1) is 24.0. The van der Waals surface area contributed by atoms with Crippen LogP contribution >= 0.6 is 0 Å². The number of amides is 2. The number of carbonyl (C=O) groups is 1. The summed E-state index contributed by atoms with van der Waals surface area (Å²) in [6.07, 6.45) is 4.03. The van der Waals surface area contributed by atoms with Crippen molar-refractivity contribution < 1.29 is 14.6 Å². The topological polar surface area (TPSA) is 103 Å². The number of H-pyrrole nitrogens is 1. The molecule has 0 atom stereocenters. The van der Waals surface area contributed by atoms with Crippen LogP contribution in [0.3, 0.4) is 0 Å². The maximum atomic E-state index is 12.8. The molecule has 3 N–H and O–H groups in total. The minimum Gasteiger partial charge on any atom is -0.457 e. The minimum atomic E-state index is -0.113. The fraction of sp³-hybridized carbons (Fsp3) is 0.222. The molecule has 3 heterocycles. The molecule has 35 heavy (non-hydrogen) atoms. The van der Waals surface area contributed by atoms with Gasteiger partial charge in [0.15, 0.2) is 5.82 Å². The average Bonchev–Trinajstić information content (AvgIpc) is 3.33. The maximum Gasteiger partial charge on any atom is 0.322 e. The smallest absolute Gasteiger partial charge is 0.322 e. The van der Waals surface area contributed by atoms with Crippen LogP contribution < -0.4 is 10.1 Å². The van der Waals surface area contributed by atoms with E-state index in [4.69, 9.17) is 4.74 Å². The number of carbonyl (C=O) groups excluding carboxylic acids is 1. The highest BCUT2D eigenvalue weighted by Gasteiger charge is 2.21. The van der Waals surface area contributed by atoms with E-state index in [-0.39, 0.29) is 20.1 Å². The molecule has 8 nitrogen and oxygen atoms in total. The van der Waals surface area contributed by atoms with Crippen LogP contribution in [0.4, 0.5) is 10.5 Å². The lowest BCUT2D eigenvalue weighted by molar-refractivity contribution is 0.206. The van der Waals surface area contributed by atoms with Crippen LogP contribution in [0, 0.1) is 6.92 Å². The van der Waals surface area contributed by atoms with Crippen molar-refractivity contribution in [2.45, 2.75) is 33.9 Å². The van der Waals surface area contributed by atoms with Gasteiger partial charge in [0, 0.05) is 31.0 Å². The van der Waals surface area contributed by atoms with E-state index in [0.29, 0.717) is 41.8 Å². The molecule has 1 aliphatic heterocycles. The number of aromatic nitrogens is 3. The SMILES string of the molecule is C.Cc1cccc(NC(=O)N2CCc3ccc(Oc4ccnc(-c5ncc(CO)[nH]5)c4)cc3C2)c1. The number of anilines is 1. The van der Waals surface area contributed by atoms with Gasteiger partial charge in [-0.2, -0.15) is 0 Å². The van der Waals surface area contributed by atoms with E-state index in [0.717, 1.165) is 23.2 Å². The molecule has 0 fully saturated rings. The Morgan fingerprint density at radius 3 is 2.77 bits per heavy atom. The van der Waals surface area contributed by atoms with Crippen molar-refractivity contribution in [3.05, 3.63) is 89.4 Å². The Kier molecular flexibility index (Phi) is 7.12. The summed E-state index contributed by atoms with van der Waals surface area (Å²) in [7, 11) is 0. The molecule has 0 saturated carbocycles. The van der Waals surface area contributed by atoms with Gasteiger partial charge in [-0.15, -0.1) is 0 Å². The summed E-state index contributed by atoms with van der Waals surface area (Å²) in [5.41, 5.74) is 5.42. The van der Waals surface area contributed by atoms with Crippen molar-refractivity contribution in [1.29, 1.82) is 0 Å².